The van der Waals surface area contributed by atoms with E-state index in [9.17, 15) is 18.0 Å². The third kappa shape index (κ3) is 4.27. The molecule has 0 unspecified atom stereocenters. The molecule has 0 radical (unpaired) electrons. The van der Waals surface area contributed by atoms with E-state index in [1.165, 1.54) is 11.1 Å². The molecule has 8 atom stereocenters. The van der Waals surface area contributed by atoms with Gasteiger partial charge < -0.3 is 8.37 Å². The Bertz CT molecular complexity index is 1510. The first-order valence-electron chi connectivity index (χ1n) is 16.5. The predicted octanol–water partition coefficient (Wildman–Crippen LogP) is 7.24. The van der Waals surface area contributed by atoms with Gasteiger partial charge in [-0.3, -0.25) is 9.59 Å². The Morgan fingerprint density at radius 1 is 0.628 bits per heavy atom. The standard InChI is InChI=1S/C36H42O6S/c1-35-17-15-27-25-9-5-23(19-21(25)3-7-29(27)31(35)11-13-33(35)37)41-43(39,40)42-24-6-10-26-22(20-24)4-8-30-28(26)16-18-36(2)32(30)12-14-34(36)38/h5-6,9-10,19-20,27-32H,3-4,7-8,11-18H2,1-2H3/t27-,28-,29-,30-,31+,32+,35+,36+/m1/s1. The van der Waals surface area contributed by atoms with Crippen LogP contribution < -0.4 is 8.37 Å². The zero-order valence-electron chi connectivity index (χ0n) is 25.3. The monoisotopic (exact) mass is 602 g/mol. The SMILES string of the molecule is C[C@]12CC[C@@H]3c4ccc(OS(=O)(=O)Oc5ccc6c(c5)CC[C@@H]5[C@@H]6CC[C@]6(C)C(=O)CC[C@@H]56)cc4CC[C@H]3[C@@H]1CCC2=O. The Balaban J connectivity index is 0.964. The van der Waals surface area contributed by atoms with Gasteiger partial charge >= 0.3 is 10.4 Å². The Morgan fingerprint density at radius 2 is 1.07 bits per heavy atom. The van der Waals surface area contributed by atoms with Crippen molar-refractivity contribution in [2.45, 2.75) is 103 Å². The largest absolute Gasteiger partial charge is 0.500 e. The van der Waals surface area contributed by atoms with Crippen molar-refractivity contribution in [3.63, 3.8) is 0 Å². The normalized spacial score (nSPS) is 37.8. The van der Waals surface area contributed by atoms with E-state index in [-0.39, 0.29) is 22.3 Å². The maximum Gasteiger partial charge on any atom is 0.500 e. The van der Waals surface area contributed by atoms with Crippen LogP contribution in [0.5, 0.6) is 11.5 Å². The summed E-state index contributed by atoms with van der Waals surface area (Å²) in [6, 6.07) is 11.3. The fraction of sp³-hybridized carbons (Fsp3) is 0.611. The summed E-state index contributed by atoms with van der Waals surface area (Å²) in [6.07, 6.45) is 11.2. The number of ketones is 2. The van der Waals surface area contributed by atoms with E-state index in [2.05, 4.69) is 13.8 Å². The number of carbonyl (C=O) groups is 2. The molecule has 228 valence electrons. The number of hydrogen-bond donors (Lipinski definition) is 0. The zero-order chi connectivity index (χ0) is 29.7. The third-order valence-corrected chi connectivity index (χ3v) is 14.0. The molecule has 0 saturated heterocycles. The Morgan fingerprint density at radius 3 is 1.51 bits per heavy atom. The van der Waals surface area contributed by atoms with Gasteiger partial charge in [-0.25, -0.2) is 0 Å². The third-order valence-electron chi connectivity index (χ3n) is 13.2. The lowest BCUT2D eigenvalue weighted by Crippen LogP contribution is -2.42. The molecule has 0 aromatic heterocycles. The van der Waals surface area contributed by atoms with Crippen LogP contribution in [-0.4, -0.2) is 20.0 Å². The van der Waals surface area contributed by atoms with Crippen LogP contribution in [-0.2, 0) is 32.8 Å². The van der Waals surface area contributed by atoms with Crippen molar-refractivity contribution in [3.05, 3.63) is 58.7 Å². The van der Waals surface area contributed by atoms with Crippen LogP contribution in [0.1, 0.15) is 112 Å². The van der Waals surface area contributed by atoms with Crippen LogP contribution in [0.25, 0.3) is 0 Å². The van der Waals surface area contributed by atoms with Gasteiger partial charge in [0.1, 0.15) is 23.1 Å². The summed E-state index contributed by atoms with van der Waals surface area (Å²) in [4.78, 5) is 25.3. The van der Waals surface area contributed by atoms with E-state index in [4.69, 9.17) is 8.37 Å². The Labute approximate surface area is 255 Å². The summed E-state index contributed by atoms with van der Waals surface area (Å²) in [5.41, 5.74) is 4.58. The molecule has 0 aliphatic heterocycles. The number of Topliss-reactive ketones (excluding diaryl/α,β-unsaturated/α-hetero) is 2. The maximum atomic E-state index is 13.0. The molecule has 2 aromatic rings. The van der Waals surface area contributed by atoms with Gasteiger partial charge in [-0.1, -0.05) is 26.0 Å². The van der Waals surface area contributed by atoms with E-state index < -0.39 is 10.4 Å². The topological polar surface area (TPSA) is 86.7 Å². The first-order chi connectivity index (χ1) is 20.6. The van der Waals surface area contributed by atoms with Gasteiger partial charge in [-0.2, -0.15) is 0 Å². The average Bonchev–Trinajstić information content (AvgIpc) is 3.46. The lowest BCUT2D eigenvalue weighted by molar-refractivity contribution is -0.130. The second kappa shape index (κ2) is 9.66. The highest BCUT2D eigenvalue weighted by atomic mass is 32.3. The quantitative estimate of drug-likeness (QED) is 0.367. The zero-order valence-corrected chi connectivity index (χ0v) is 26.1. The molecular formula is C36H42O6S. The number of fused-ring (bicyclic) bond motifs is 10. The van der Waals surface area contributed by atoms with Gasteiger partial charge in [0.15, 0.2) is 0 Å². The summed E-state index contributed by atoms with van der Waals surface area (Å²) in [6.45, 7) is 4.37. The second-order valence-corrected chi connectivity index (χ2v) is 16.1. The molecule has 6 aliphatic rings. The summed E-state index contributed by atoms with van der Waals surface area (Å²) in [5, 5.41) is 0. The van der Waals surface area contributed by atoms with E-state index >= 15 is 0 Å². The van der Waals surface area contributed by atoms with Crippen molar-refractivity contribution in [2.24, 2.45) is 34.5 Å². The highest BCUT2D eigenvalue weighted by Crippen LogP contribution is 2.61. The molecule has 4 fully saturated rings. The lowest BCUT2D eigenvalue weighted by atomic mass is 9.55. The van der Waals surface area contributed by atoms with Gasteiger partial charge in [0.2, 0.25) is 0 Å². The van der Waals surface area contributed by atoms with Crippen molar-refractivity contribution in [2.75, 3.05) is 0 Å². The lowest BCUT2D eigenvalue weighted by Gasteiger charge is -2.48. The molecule has 7 heteroatoms. The summed E-state index contributed by atoms with van der Waals surface area (Å²) >= 11 is 0. The molecule has 8 rings (SSSR count). The van der Waals surface area contributed by atoms with E-state index in [1.54, 1.807) is 12.1 Å². The molecular weight excluding hydrogens is 560 g/mol. The highest BCUT2D eigenvalue weighted by molar-refractivity contribution is 7.82. The van der Waals surface area contributed by atoms with Crippen LogP contribution in [0.15, 0.2) is 36.4 Å². The number of rotatable bonds is 4. The number of benzene rings is 2. The molecule has 0 amide bonds. The van der Waals surface area contributed by atoms with Gasteiger partial charge in [0.05, 0.1) is 0 Å². The number of hydrogen-bond acceptors (Lipinski definition) is 6. The van der Waals surface area contributed by atoms with Crippen molar-refractivity contribution in [1.82, 2.24) is 0 Å². The molecule has 43 heavy (non-hydrogen) atoms. The summed E-state index contributed by atoms with van der Waals surface area (Å²) in [7, 11) is -4.31. The van der Waals surface area contributed by atoms with Gasteiger partial charge in [0.25, 0.3) is 0 Å². The minimum Gasteiger partial charge on any atom is -0.353 e. The second-order valence-electron chi connectivity index (χ2n) is 15.0. The van der Waals surface area contributed by atoms with Gasteiger partial charge in [0, 0.05) is 23.7 Å². The molecule has 6 aliphatic carbocycles. The minimum absolute atomic E-state index is 0.153. The fourth-order valence-corrected chi connectivity index (χ4v) is 11.7. The molecule has 4 saturated carbocycles. The molecule has 0 bridgehead atoms. The van der Waals surface area contributed by atoms with Crippen LogP contribution in [0.4, 0.5) is 0 Å². The van der Waals surface area contributed by atoms with Crippen LogP contribution in [0, 0.1) is 34.5 Å². The van der Waals surface area contributed by atoms with Gasteiger partial charge in [-0.15, -0.1) is 8.42 Å². The van der Waals surface area contributed by atoms with Crippen LogP contribution in [0.2, 0.25) is 0 Å². The molecule has 0 N–H and O–H groups in total. The number of carbonyl (C=O) groups excluding carboxylic acids is 2. The van der Waals surface area contributed by atoms with Gasteiger partial charge in [-0.05, 0) is 146 Å². The first-order valence-corrected chi connectivity index (χ1v) is 17.9. The predicted molar refractivity (Wildman–Crippen MR) is 162 cm³/mol. The van der Waals surface area contributed by atoms with E-state index in [0.29, 0.717) is 47.1 Å². The fourth-order valence-electron chi connectivity index (χ4n) is 11.0. The first kappa shape index (κ1) is 27.8. The van der Waals surface area contributed by atoms with E-state index in [1.807, 2.05) is 24.3 Å². The average molecular weight is 603 g/mol. The van der Waals surface area contributed by atoms with Crippen molar-refractivity contribution in [1.29, 1.82) is 0 Å². The molecule has 0 heterocycles. The molecule has 6 nitrogen and oxygen atoms in total. The van der Waals surface area contributed by atoms with E-state index in [0.717, 1.165) is 88.2 Å². The molecule has 0 spiro atoms. The minimum atomic E-state index is -4.31. The smallest absolute Gasteiger partial charge is 0.353 e. The molecule has 2 aromatic carbocycles. The highest BCUT2D eigenvalue weighted by Gasteiger charge is 2.55. The van der Waals surface area contributed by atoms with Crippen LogP contribution >= 0.6 is 0 Å². The Hall–Kier alpha value is -2.67. The van der Waals surface area contributed by atoms with Crippen molar-refractivity contribution < 1.29 is 26.4 Å². The number of aryl methyl sites for hydroxylation is 2. The maximum absolute atomic E-state index is 13.0. The summed E-state index contributed by atoms with van der Waals surface area (Å²) in [5.74, 6) is 4.29. The van der Waals surface area contributed by atoms with Crippen LogP contribution in [0.3, 0.4) is 0 Å². The van der Waals surface area contributed by atoms with Crippen molar-refractivity contribution in [3.8, 4) is 11.5 Å². The van der Waals surface area contributed by atoms with Crippen molar-refractivity contribution >= 4 is 22.0 Å². The summed E-state index contributed by atoms with van der Waals surface area (Å²) < 4.78 is 37.0. The Kier molecular flexibility index (Phi) is 6.26.